The summed E-state index contributed by atoms with van der Waals surface area (Å²) in [6.07, 6.45) is -4.31. The molecule has 0 spiro atoms. The van der Waals surface area contributed by atoms with Gasteiger partial charge in [-0.05, 0) is 54.7 Å². The van der Waals surface area contributed by atoms with E-state index in [1.165, 1.54) is 12.1 Å². The SMILES string of the molecule is CC(Nc1c(Cl)ccc2c1CCN(C(=O)C(F)(F)F)CC2)c1ccc(F)cc1. The van der Waals surface area contributed by atoms with Crippen LogP contribution in [0, 0.1) is 5.82 Å². The standard InChI is InChI=1S/C20H19ClF4N2O/c1-12(13-2-5-15(22)6-3-13)26-18-16-9-11-27(19(28)20(23,24)25)10-8-14(16)4-7-17(18)21/h2-7,12,26H,8-11H2,1H3. The lowest BCUT2D eigenvalue weighted by molar-refractivity contribution is -0.185. The molecule has 1 amide bonds. The molecule has 1 unspecified atom stereocenters. The molecule has 0 saturated heterocycles. The number of carbonyl (C=O) groups excluding carboxylic acids is 1. The van der Waals surface area contributed by atoms with E-state index in [1.807, 2.05) is 6.92 Å². The molecule has 0 saturated carbocycles. The van der Waals surface area contributed by atoms with Crippen LogP contribution in [0.25, 0.3) is 0 Å². The first-order chi connectivity index (χ1) is 13.2. The van der Waals surface area contributed by atoms with E-state index in [0.717, 1.165) is 21.6 Å². The van der Waals surface area contributed by atoms with Crippen LogP contribution in [0.2, 0.25) is 5.02 Å². The molecule has 1 heterocycles. The number of benzene rings is 2. The maximum absolute atomic E-state index is 13.1. The Kier molecular flexibility index (Phi) is 5.84. The second kappa shape index (κ2) is 7.99. The van der Waals surface area contributed by atoms with Crippen molar-refractivity contribution in [3.63, 3.8) is 0 Å². The van der Waals surface area contributed by atoms with Crippen molar-refractivity contribution in [1.82, 2.24) is 4.90 Å². The first-order valence-corrected chi connectivity index (χ1v) is 9.23. The van der Waals surface area contributed by atoms with Crippen molar-refractivity contribution in [2.24, 2.45) is 0 Å². The van der Waals surface area contributed by atoms with Crippen LogP contribution in [-0.4, -0.2) is 30.1 Å². The fourth-order valence-corrected chi connectivity index (χ4v) is 3.62. The van der Waals surface area contributed by atoms with Gasteiger partial charge in [-0.15, -0.1) is 0 Å². The number of fused-ring (bicyclic) bond motifs is 1. The van der Waals surface area contributed by atoms with Crippen molar-refractivity contribution in [3.05, 3.63) is 63.9 Å². The molecule has 1 aliphatic heterocycles. The Labute approximate surface area is 165 Å². The molecule has 28 heavy (non-hydrogen) atoms. The van der Waals surface area contributed by atoms with E-state index < -0.39 is 12.1 Å². The normalized spacial score (nSPS) is 15.6. The first-order valence-electron chi connectivity index (χ1n) is 8.85. The Morgan fingerprint density at radius 1 is 1.11 bits per heavy atom. The van der Waals surface area contributed by atoms with Crippen molar-refractivity contribution in [3.8, 4) is 0 Å². The highest BCUT2D eigenvalue weighted by atomic mass is 35.5. The molecular weight excluding hydrogens is 396 g/mol. The highest BCUT2D eigenvalue weighted by molar-refractivity contribution is 6.33. The Balaban J connectivity index is 1.84. The number of hydrogen-bond acceptors (Lipinski definition) is 2. The van der Waals surface area contributed by atoms with Crippen LogP contribution < -0.4 is 5.32 Å². The summed E-state index contributed by atoms with van der Waals surface area (Å²) >= 11 is 6.36. The molecule has 3 nitrogen and oxygen atoms in total. The van der Waals surface area contributed by atoms with Crippen molar-refractivity contribution >= 4 is 23.2 Å². The minimum atomic E-state index is -4.88. The van der Waals surface area contributed by atoms with Gasteiger partial charge in [-0.2, -0.15) is 13.2 Å². The zero-order valence-electron chi connectivity index (χ0n) is 15.1. The van der Waals surface area contributed by atoms with Gasteiger partial charge in [0.05, 0.1) is 10.7 Å². The number of amides is 1. The van der Waals surface area contributed by atoms with Gasteiger partial charge in [0.2, 0.25) is 0 Å². The molecule has 0 bridgehead atoms. The van der Waals surface area contributed by atoms with Crippen molar-refractivity contribution in [2.75, 3.05) is 18.4 Å². The first kappa shape index (κ1) is 20.5. The second-order valence-electron chi connectivity index (χ2n) is 6.77. The van der Waals surface area contributed by atoms with Crippen LogP contribution in [0.4, 0.5) is 23.2 Å². The fraction of sp³-hybridized carbons (Fsp3) is 0.350. The summed E-state index contributed by atoms with van der Waals surface area (Å²) in [5.41, 5.74) is 3.14. The molecule has 0 fully saturated rings. The number of hydrogen-bond donors (Lipinski definition) is 1. The molecule has 0 radical (unpaired) electrons. The van der Waals surface area contributed by atoms with Gasteiger partial charge < -0.3 is 10.2 Å². The molecule has 0 aromatic heterocycles. The van der Waals surface area contributed by atoms with Crippen LogP contribution in [-0.2, 0) is 17.6 Å². The van der Waals surface area contributed by atoms with Gasteiger partial charge >= 0.3 is 12.1 Å². The maximum atomic E-state index is 13.1. The van der Waals surface area contributed by atoms with Crippen LogP contribution >= 0.6 is 11.6 Å². The number of halogens is 5. The molecule has 1 N–H and O–H groups in total. The molecule has 3 rings (SSSR count). The Hall–Kier alpha value is -2.28. The smallest absolute Gasteiger partial charge is 0.377 e. The molecule has 150 valence electrons. The van der Waals surface area contributed by atoms with Crippen molar-refractivity contribution < 1.29 is 22.4 Å². The number of nitrogens with zero attached hydrogens (tertiary/aromatic N) is 1. The number of rotatable bonds is 3. The fourth-order valence-electron chi connectivity index (χ4n) is 3.39. The zero-order chi connectivity index (χ0) is 20.5. The molecule has 1 atom stereocenters. The summed E-state index contributed by atoms with van der Waals surface area (Å²) in [7, 11) is 0. The second-order valence-corrected chi connectivity index (χ2v) is 7.17. The molecule has 0 aliphatic carbocycles. The summed E-state index contributed by atoms with van der Waals surface area (Å²) in [5, 5.41) is 3.74. The van der Waals surface area contributed by atoms with Gasteiger partial charge in [0, 0.05) is 19.1 Å². The monoisotopic (exact) mass is 414 g/mol. The molecule has 2 aromatic carbocycles. The van der Waals surface area contributed by atoms with E-state index in [1.54, 1.807) is 24.3 Å². The predicted molar refractivity (Wildman–Crippen MR) is 99.9 cm³/mol. The summed E-state index contributed by atoms with van der Waals surface area (Å²) in [4.78, 5) is 12.4. The number of nitrogens with one attached hydrogen (secondary N) is 1. The van der Waals surface area contributed by atoms with E-state index in [9.17, 15) is 22.4 Å². The van der Waals surface area contributed by atoms with E-state index in [2.05, 4.69) is 5.32 Å². The quantitative estimate of drug-likeness (QED) is 0.705. The Bertz CT molecular complexity index is 868. The highest BCUT2D eigenvalue weighted by Crippen LogP contribution is 2.34. The number of alkyl halides is 3. The van der Waals surface area contributed by atoms with E-state index >= 15 is 0 Å². The topological polar surface area (TPSA) is 32.3 Å². The highest BCUT2D eigenvalue weighted by Gasteiger charge is 2.42. The number of anilines is 1. The van der Waals surface area contributed by atoms with Gasteiger partial charge in [0.15, 0.2) is 0 Å². The third-order valence-electron chi connectivity index (χ3n) is 4.90. The lowest BCUT2D eigenvalue weighted by Crippen LogP contribution is -2.42. The lowest BCUT2D eigenvalue weighted by Gasteiger charge is -2.22. The third kappa shape index (κ3) is 4.41. The minimum absolute atomic E-state index is 0.0000680. The van der Waals surface area contributed by atoms with Gasteiger partial charge in [0.25, 0.3) is 0 Å². The van der Waals surface area contributed by atoms with E-state index in [0.29, 0.717) is 17.1 Å². The molecule has 8 heteroatoms. The average molecular weight is 415 g/mol. The lowest BCUT2D eigenvalue weighted by atomic mass is 9.99. The summed E-state index contributed by atoms with van der Waals surface area (Å²) < 4.78 is 51.5. The van der Waals surface area contributed by atoms with Crippen LogP contribution in [0.3, 0.4) is 0 Å². The van der Waals surface area contributed by atoms with E-state index in [4.69, 9.17) is 11.6 Å². The number of carbonyl (C=O) groups is 1. The predicted octanol–water partition coefficient (Wildman–Crippen LogP) is 5.14. The van der Waals surface area contributed by atoms with Gasteiger partial charge in [-0.1, -0.05) is 29.8 Å². The summed E-state index contributed by atoms with van der Waals surface area (Å²) in [6.45, 7) is 1.85. The largest absolute Gasteiger partial charge is 0.471 e. The third-order valence-corrected chi connectivity index (χ3v) is 5.22. The molecular formula is C20H19ClF4N2O. The summed E-state index contributed by atoms with van der Waals surface area (Å²) in [6, 6.07) is 9.33. The van der Waals surface area contributed by atoms with Gasteiger partial charge in [0.1, 0.15) is 5.82 Å². The van der Waals surface area contributed by atoms with Crippen molar-refractivity contribution in [2.45, 2.75) is 32.0 Å². The maximum Gasteiger partial charge on any atom is 0.471 e. The Morgan fingerprint density at radius 3 is 2.39 bits per heavy atom. The minimum Gasteiger partial charge on any atom is -0.377 e. The van der Waals surface area contributed by atoms with Gasteiger partial charge in [-0.3, -0.25) is 4.79 Å². The average Bonchev–Trinajstić information content (AvgIpc) is 2.86. The van der Waals surface area contributed by atoms with Gasteiger partial charge in [-0.25, -0.2) is 4.39 Å². The van der Waals surface area contributed by atoms with E-state index in [-0.39, 0.29) is 31.4 Å². The van der Waals surface area contributed by atoms with Crippen LogP contribution in [0.15, 0.2) is 36.4 Å². The molecule has 2 aromatic rings. The summed E-state index contributed by atoms with van der Waals surface area (Å²) in [5.74, 6) is -2.16. The van der Waals surface area contributed by atoms with Crippen LogP contribution in [0.5, 0.6) is 0 Å². The Morgan fingerprint density at radius 2 is 1.75 bits per heavy atom. The zero-order valence-corrected chi connectivity index (χ0v) is 15.9. The van der Waals surface area contributed by atoms with Crippen LogP contribution in [0.1, 0.15) is 29.7 Å². The molecule has 1 aliphatic rings. The van der Waals surface area contributed by atoms with Crippen molar-refractivity contribution in [1.29, 1.82) is 0 Å².